The Kier molecular flexibility index (Phi) is 7.58. The number of thioether (sulfide) groups is 1. The van der Waals surface area contributed by atoms with E-state index in [0.717, 1.165) is 50.8 Å². The maximum absolute atomic E-state index is 14.8. The Morgan fingerprint density at radius 2 is 1.89 bits per heavy atom. The zero-order chi connectivity index (χ0) is 37.4. The van der Waals surface area contributed by atoms with Crippen molar-refractivity contribution in [3.63, 3.8) is 0 Å². The summed E-state index contributed by atoms with van der Waals surface area (Å²) in [6, 6.07) is 8.07. The van der Waals surface area contributed by atoms with Crippen LogP contribution in [0.4, 0.5) is 0 Å². The zero-order valence-electron chi connectivity index (χ0n) is 30.6. The van der Waals surface area contributed by atoms with E-state index in [0.29, 0.717) is 47.1 Å². The SMILES string of the molecule is COc1c(C)cc2c(c1O)C1C3[C@@H]4SC[C@]5(NCCc6c5[nH]c5ccccc65)C(=O)OC[C@H](c5c6c(c(C)c(OC(C)=O)c54)OCO6)N3[C@@H](O)[C@@H](C2)N1C. The van der Waals surface area contributed by atoms with Gasteiger partial charge >= 0.3 is 11.9 Å². The van der Waals surface area contributed by atoms with Crippen LogP contribution >= 0.6 is 11.8 Å². The first-order valence-corrected chi connectivity index (χ1v) is 19.5. The van der Waals surface area contributed by atoms with E-state index in [1.165, 1.54) is 6.92 Å². The number of para-hydroxylation sites is 1. The number of carbonyl (C=O) groups excluding carboxylic acids is 2. The van der Waals surface area contributed by atoms with Crippen molar-refractivity contribution in [3.05, 3.63) is 75.0 Å². The van der Waals surface area contributed by atoms with Crippen LogP contribution in [0.5, 0.6) is 28.7 Å². The number of nitrogens with one attached hydrogen (secondary N) is 2. The largest absolute Gasteiger partial charge is 0.504 e. The highest BCUT2D eigenvalue weighted by Gasteiger charge is 2.61. The summed E-state index contributed by atoms with van der Waals surface area (Å²) in [6.45, 7) is 5.54. The monoisotopic (exact) mass is 754 g/mol. The molecule has 14 heteroatoms. The molecular formula is C40H42N4O9S. The second kappa shape index (κ2) is 12.0. The summed E-state index contributed by atoms with van der Waals surface area (Å²) >= 11 is 1.54. The summed E-state index contributed by atoms with van der Waals surface area (Å²) in [5.41, 5.74) is 6.07. The minimum Gasteiger partial charge on any atom is -0.504 e. The second-order valence-corrected chi connectivity index (χ2v) is 16.4. The predicted octanol–water partition coefficient (Wildman–Crippen LogP) is 4.18. The van der Waals surface area contributed by atoms with Crippen LogP contribution in [-0.2, 0) is 32.7 Å². The summed E-state index contributed by atoms with van der Waals surface area (Å²) in [6.07, 6.45) is 0.205. The Labute approximate surface area is 315 Å². The Morgan fingerprint density at radius 1 is 1.09 bits per heavy atom. The average molecular weight is 755 g/mol. The van der Waals surface area contributed by atoms with Crippen molar-refractivity contribution in [2.45, 2.75) is 74.8 Å². The molecule has 4 bridgehead atoms. The van der Waals surface area contributed by atoms with E-state index < -0.39 is 47.1 Å². The number of phenols is 1. The summed E-state index contributed by atoms with van der Waals surface area (Å²) in [5, 5.41) is 28.7. The van der Waals surface area contributed by atoms with Crippen molar-refractivity contribution < 1.29 is 43.5 Å². The number of carbonyl (C=O) groups is 2. The number of aromatic amines is 1. The van der Waals surface area contributed by atoms with Crippen molar-refractivity contribution >= 4 is 34.6 Å². The lowest BCUT2D eigenvalue weighted by Crippen LogP contribution is -2.70. The third-order valence-electron chi connectivity index (χ3n) is 12.6. The van der Waals surface area contributed by atoms with Crippen LogP contribution in [0.25, 0.3) is 10.9 Å². The number of rotatable bonds is 2. The molecule has 4 aromatic rings. The number of nitrogens with zero attached hydrogens (tertiary/aromatic N) is 2. The van der Waals surface area contributed by atoms with Crippen molar-refractivity contribution in [3.8, 4) is 28.7 Å². The molecule has 0 saturated carbocycles. The quantitative estimate of drug-likeness (QED) is 0.171. The molecule has 11 rings (SSSR count). The molecule has 2 fully saturated rings. The molecule has 2 unspecified atom stereocenters. The van der Waals surface area contributed by atoms with Crippen molar-refractivity contribution in [1.29, 1.82) is 0 Å². The first-order chi connectivity index (χ1) is 26.1. The molecule has 54 heavy (non-hydrogen) atoms. The number of esters is 2. The first kappa shape index (κ1) is 34.1. The van der Waals surface area contributed by atoms with E-state index in [9.17, 15) is 19.8 Å². The van der Waals surface area contributed by atoms with Gasteiger partial charge in [0.05, 0.1) is 36.2 Å². The minimum atomic E-state index is -1.23. The van der Waals surface area contributed by atoms with Gasteiger partial charge < -0.3 is 38.9 Å². The number of aromatic hydroxyl groups is 1. The molecule has 8 heterocycles. The lowest BCUT2D eigenvalue weighted by atomic mass is 9.73. The highest BCUT2D eigenvalue weighted by Crippen LogP contribution is 2.64. The lowest BCUT2D eigenvalue weighted by molar-refractivity contribution is -0.186. The van der Waals surface area contributed by atoms with E-state index in [4.69, 9.17) is 23.7 Å². The van der Waals surface area contributed by atoms with E-state index >= 15 is 0 Å². The summed E-state index contributed by atoms with van der Waals surface area (Å²) in [7, 11) is 3.54. The third kappa shape index (κ3) is 4.42. The molecule has 2 saturated heterocycles. The topological polar surface area (TPSA) is 155 Å². The van der Waals surface area contributed by atoms with Crippen molar-refractivity contribution in [2.75, 3.05) is 39.9 Å². The van der Waals surface area contributed by atoms with Crippen molar-refractivity contribution in [1.82, 2.24) is 20.1 Å². The van der Waals surface area contributed by atoms with E-state index in [1.54, 1.807) is 18.9 Å². The highest BCUT2D eigenvalue weighted by atomic mass is 32.2. The number of fused-ring (bicyclic) bond motifs is 11. The van der Waals surface area contributed by atoms with Crippen LogP contribution < -0.4 is 24.3 Å². The number of likely N-dealkylation sites (N-methyl/N-ethyl adjacent to an activating group) is 1. The Balaban J connectivity index is 1.24. The molecule has 0 radical (unpaired) electrons. The lowest BCUT2D eigenvalue weighted by Gasteiger charge is -2.62. The van der Waals surface area contributed by atoms with Gasteiger partial charge in [-0.15, -0.1) is 11.8 Å². The number of benzene rings is 3. The summed E-state index contributed by atoms with van der Waals surface area (Å²) in [4.78, 5) is 35.5. The van der Waals surface area contributed by atoms with E-state index in [2.05, 4.69) is 27.3 Å². The highest BCUT2D eigenvalue weighted by molar-refractivity contribution is 7.99. The van der Waals surface area contributed by atoms with E-state index in [-0.39, 0.29) is 30.9 Å². The van der Waals surface area contributed by atoms with Gasteiger partial charge in [-0.2, -0.15) is 0 Å². The molecule has 0 aliphatic carbocycles. The van der Waals surface area contributed by atoms with Gasteiger partial charge in [0.1, 0.15) is 18.6 Å². The predicted molar refractivity (Wildman–Crippen MR) is 198 cm³/mol. The van der Waals surface area contributed by atoms with Crippen LogP contribution in [0.15, 0.2) is 30.3 Å². The van der Waals surface area contributed by atoms with Gasteiger partial charge in [-0.3, -0.25) is 19.9 Å². The standard InChI is InChI=1S/C40H42N4O9S/c1-17-12-20-13-24-38(47)44-25-14-50-39(48)40(37-22(10-11-41-40)21-8-6-7-9-23(21)42-37)15-54-36(30(44)29(43(24)4)26(20)31(46)32(17)49-5)28-27(25)35-34(51-16-52-35)18(2)33(28)53-19(3)45/h6-9,12,24-25,29-30,36,38,41-42,46-47H,10-11,13-16H2,1-5H3/t24-,25-,29?,30?,36-,38+,40-/m1/s1. The fourth-order valence-electron chi connectivity index (χ4n) is 10.4. The molecule has 7 aliphatic rings. The van der Waals surface area contributed by atoms with E-state index in [1.807, 2.05) is 44.0 Å². The molecule has 282 valence electrons. The molecule has 3 aromatic carbocycles. The Morgan fingerprint density at radius 3 is 2.69 bits per heavy atom. The molecule has 4 N–H and O–H groups in total. The number of methoxy groups -OCH3 is 1. The average Bonchev–Trinajstić information content (AvgIpc) is 3.80. The van der Waals surface area contributed by atoms with Gasteiger partial charge in [0.2, 0.25) is 6.79 Å². The molecule has 7 aliphatic heterocycles. The molecule has 13 nitrogen and oxygen atoms in total. The number of ether oxygens (including phenoxy) is 5. The van der Waals surface area contributed by atoms with Crippen LogP contribution in [-0.4, -0.2) is 95.1 Å². The molecule has 0 amide bonds. The van der Waals surface area contributed by atoms with Crippen LogP contribution in [0.1, 0.15) is 68.9 Å². The zero-order valence-corrected chi connectivity index (χ0v) is 31.5. The number of aliphatic hydroxyl groups excluding tert-OH is 1. The Hall–Kier alpha value is -4.47. The fraction of sp³-hybridized carbons (Fsp3) is 0.450. The normalized spacial score (nSPS) is 29.6. The van der Waals surface area contributed by atoms with Crippen LogP contribution in [0.2, 0.25) is 0 Å². The molecule has 1 aromatic heterocycles. The van der Waals surface area contributed by atoms with Crippen LogP contribution in [0.3, 0.4) is 0 Å². The number of hydrogen-bond acceptors (Lipinski definition) is 13. The number of phenolic OH excluding ortho intramolecular Hbond substituents is 1. The van der Waals surface area contributed by atoms with Gasteiger partial charge in [0.15, 0.2) is 28.5 Å². The summed E-state index contributed by atoms with van der Waals surface area (Å²) < 4.78 is 30.6. The van der Waals surface area contributed by atoms with Crippen molar-refractivity contribution in [2.24, 2.45) is 0 Å². The number of piperazine rings is 1. The van der Waals surface area contributed by atoms with Gasteiger partial charge in [-0.25, -0.2) is 4.79 Å². The summed E-state index contributed by atoms with van der Waals surface area (Å²) in [5.74, 6) is 1.13. The minimum absolute atomic E-state index is 0.0347. The second-order valence-electron chi connectivity index (χ2n) is 15.3. The smallest absolute Gasteiger partial charge is 0.333 e. The van der Waals surface area contributed by atoms with Gasteiger partial charge in [-0.05, 0) is 56.5 Å². The van der Waals surface area contributed by atoms with Gasteiger partial charge in [-0.1, -0.05) is 24.3 Å². The number of aryl methyl sites for hydroxylation is 1. The number of hydrogen-bond donors (Lipinski definition) is 4. The maximum Gasteiger partial charge on any atom is 0.333 e. The molecular weight excluding hydrogens is 713 g/mol. The maximum atomic E-state index is 14.8. The Bertz CT molecular complexity index is 2290. The number of aliphatic hydroxyl groups is 1. The number of H-pyrrole nitrogens is 1. The third-order valence-corrected chi connectivity index (χ3v) is 14.1. The van der Waals surface area contributed by atoms with Gasteiger partial charge in [0.25, 0.3) is 0 Å². The van der Waals surface area contributed by atoms with Crippen LogP contribution in [0, 0.1) is 13.8 Å². The molecule has 7 atom stereocenters. The molecule has 1 spiro atoms. The van der Waals surface area contributed by atoms with Gasteiger partial charge in [0, 0.05) is 58.4 Å². The fourth-order valence-corrected chi connectivity index (χ4v) is 12.1. The first-order valence-electron chi connectivity index (χ1n) is 18.4. The number of aromatic nitrogens is 1.